The van der Waals surface area contributed by atoms with Crippen LogP contribution in [-0.4, -0.2) is 15.0 Å². The number of benzene rings is 7. The summed E-state index contributed by atoms with van der Waals surface area (Å²) in [7, 11) is 0. The van der Waals surface area contributed by atoms with Crippen molar-refractivity contribution in [3.63, 3.8) is 0 Å². The summed E-state index contributed by atoms with van der Waals surface area (Å²) in [6.07, 6.45) is 0. The fourth-order valence-electron chi connectivity index (χ4n) is 7.59. The van der Waals surface area contributed by atoms with E-state index in [0.29, 0.717) is 23.0 Å². The molecule has 1 heterocycles. The van der Waals surface area contributed by atoms with Gasteiger partial charge in [-0.2, -0.15) is 5.26 Å². The molecule has 0 amide bonds. The standard InChI is InChI=1S/C47H30N4/c48-31-37-21-14-26-42-43(37)40-30-35(27-28-41(40)47(42,38-22-9-3-10-23-38)39-24-11-4-12-25-39)34-19-13-20-36(29-34)46-50-44(32-15-5-1-6-16-32)49-45(51-46)33-17-7-2-8-18-33/h1-30H. The van der Waals surface area contributed by atoms with Gasteiger partial charge in [-0.25, -0.2) is 15.0 Å². The quantitative estimate of drug-likeness (QED) is 0.180. The molecule has 51 heavy (non-hydrogen) atoms. The van der Waals surface area contributed by atoms with Gasteiger partial charge >= 0.3 is 0 Å². The van der Waals surface area contributed by atoms with Gasteiger partial charge in [0, 0.05) is 22.3 Å². The summed E-state index contributed by atoms with van der Waals surface area (Å²) in [5.41, 5.74) is 11.6. The van der Waals surface area contributed by atoms with Gasteiger partial charge in [0.1, 0.15) is 0 Å². The molecular formula is C47H30N4. The molecule has 0 fully saturated rings. The van der Waals surface area contributed by atoms with E-state index >= 15 is 0 Å². The Kier molecular flexibility index (Phi) is 7.38. The van der Waals surface area contributed by atoms with Crippen LogP contribution in [0.3, 0.4) is 0 Å². The summed E-state index contributed by atoms with van der Waals surface area (Å²) in [4.78, 5) is 14.8. The van der Waals surface area contributed by atoms with Gasteiger partial charge in [-0.15, -0.1) is 0 Å². The lowest BCUT2D eigenvalue weighted by atomic mass is 9.67. The van der Waals surface area contributed by atoms with Crippen molar-refractivity contribution in [2.45, 2.75) is 5.41 Å². The van der Waals surface area contributed by atoms with E-state index in [1.54, 1.807) is 0 Å². The van der Waals surface area contributed by atoms with E-state index in [2.05, 4.69) is 115 Å². The van der Waals surface area contributed by atoms with Crippen LogP contribution in [0, 0.1) is 11.3 Å². The maximum Gasteiger partial charge on any atom is 0.164 e. The highest BCUT2D eigenvalue weighted by molar-refractivity contribution is 5.91. The fraction of sp³-hybridized carbons (Fsp3) is 0.0213. The van der Waals surface area contributed by atoms with Crippen molar-refractivity contribution in [3.8, 4) is 62.5 Å². The molecule has 8 aromatic rings. The topological polar surface area (TPSA) is 62.5 Å². The smallest absolute Gasteiger partial charge is 0.164 e. The molecule has 7 aromatic carbocycles. The van der Waals surface area contributed by atoms with Crippen LogP contribution in [0.4, 0.5) is 0 Å². The lowest BCUT2D eigenvalue weighted by Gasteiger charge is -2.34. The first-order chi connectivity index (χ1) is 25.2. The monoisotopic (exact) mass is 650 g/mol. The van der Waals surface area contributed by atoms with Crippen molar-refractivity contribution in [2.75, 3.05) is 0 Å². The number of rotatable bonds is 6. The zero-order valence-corrected chi connectivity index (χ0v) is 27.6. The maximum atomic E-state index is 10.4. The van der Waals surface area contributed by atoms with Crippen LogP contribution in [0.15, 0.2) is 182 Å². The zero-order chi connectivity index (χ0) is 34.2. The van der Waals surface area contributed by atoms with Crippen LogP contribution in [0.2, 0.25) is 0 Å². The third-order valence-electron chi connectivity index (χ3n) is 9.85. The Balaban J connectivity index is 1.23. The molecule has 0 saturated carbocycles. The van der Waals surface area contributed by atoms with E-state index in [1.165, 1.54) is 11.1 Å². The fourth-order valence-corrected chi connectivity index (χ4v) is 7.59. The van der Waals surface area contributed by atoms with E-state index in [0.717, 1.165) is 50.1 Å². The van der Waals surface area contributed by atoms with Gasteiger partial charge < -0.3 is 0 Å². The minimum atomic E-state index is -0.576. The van der Waals surface area contributed by atoms with Crippen molar-refractivity contribution in [2.24, 2.45) is 0 Å². The number of nitrogens with zero attached hydrogens (tertiary/aromatic N) is 4. The highest BCUT2D eigenvalue weighted by atomic mass is 15.0. The summed E-state index contributed by atoms with van der Waals surface area (Å²) < 4.78 is 0. The molecule has 1 aliphatic rings. The maximum absolute atomic E-state index is 10.4. The van der Waals surface area contributed by atoms with Crippen molar-refractivity contribution in [3.05, 3.63) is 210 Å². The van der Waals surface area contributed by atoms with Crippen LogP contribution in [0.1, 0.15) is 27.8 Å². The molecule has 4 heteroatoms. The molecule has 238 valence electrons. The van der Waals surface area contributed by atoms with E-state index in [9.17, 15) is 5.26 Å². The molecule has 1 aromatic heterocycles. The average Bonchev–Trinajstić information content (AvgIpc) is 3.53. The second-order valence-corrected chi connectivity index (χ2v) is 12.7. The second-order valence-electron chi connectivity index (χ2n) is 12.7. The summed E-state index contributed by atoms with van der Waals surface area (Å²) in [6, 6.07) is 65.1. The molecule has 0 spiro atoms. The van der Waals surface area contributed by atoms with Gasteiger partial charge in [-0.05, 0) is 57.1 Å². The summed E-state index contributed by atoms with van der Waals surface area (Å²) in [6.45, 7) is 0. The van der Waals surface area contributed by atoms with Gasteiger partial charge in [0.2, 0.25) is 0 Å². The molecule has 0 N–H and O–H groups in total. The van der Waals surface area contributed by atoms with Gasteiger partial charge in [-0.1, -0.05) is 164 Å². The first kappa shape index (κ1) is 30.1. The molecule has 0 aliphatic heterocycles. The van der Waals surface area contributed by atoms with E-state index < -0.39 is 5.41 Å². The normalized spacial score (nSPS) is 12.5. The molecule has 0 unspecified atom stereocenters. The highest BCUT2D eigenvalue weighted by Gasteiger charge is 2.47. The number of hydrogen-bond acceptors (Lipinski definition) is 4. The number of nitriles is 1. The molecule has 0 saturated heterocycles. The number of aromatic nitrogens is 3. The molecule has 9 rings (SSSR count). The Labute approximate surface area is 297 Å². The van der Waals surface area contributed by atoms with E-state index in [-0.39, 0.29) is 0 Å². The molecule has 0 radical (unpaired) electrons. The Hall–Kier alpha value is -6.96. The molecule has 4 nitrogen and oxygen atoms in total. The van der Waals surface area contributed by atoms with Crippen LogP contribution < -0.4 is 0 Å². The van der Waals surface area contributed by atoms with Crippen LogP contribution >= 0.6 is 0 Å². The second kappa shape index (κ2) is 12.5. The van der Waals surface area contributed by atoms with E-state index in [4.69, 9.17) is 15.0 Å². The van der Waals surface area contributed by atoms with Gasteiger partial charge in [0.25, 0.3) is 0 Å². The van der Waals surface area contributed by atoms with E-state index in [1.807, 2.05) is 72.8 Å². The summed E-state index contributed by atoms with van der Waals surface area (Å²) in [5, 5.41) is 10.4. The van der Waals surface area contributed by atoms with Crippen molar-refractivity contribution in [1.82, 2.24) is 15.0 Å². The first-order valence-electron chi connectivity index (χ1n) is 17.0. The Bertz CT molecular complexity index is 2480. The molecule has 1 aliphatic carbocycles. The van der Waals surface area contributed by atoms with Gasteiger partial charge in [-0.3, -0.25) is 0 Å². The third kappa shape index (κ3) is 5.03. The molecular weight excluding hydrogens is 621 g/mol. The summed E-state index contributed by atoms with van der Waals surface area (Å²) in [5.74, 6) is 1.86. The first-order valence-corrected chi connectivity index (χ1v) is 17.0. The SMILES string of the molecule is N#Cc1cccc2c1-c1cc(-c3cccc(-c4nc(-c5ccccc5)nc(-c5ccccc5)n4)c3)ccc1C2(c1ccccc1)c1ccccc1. The number of hydrogen-bond donors (Lipinski definition) is 0. The lowest BCUT2D eigenvalue weighted by Crippen LogP contribution is -2.28. The minimum absolute atomic E-state index is 0.576. The Morgan fingerprint density at radius 2 is 0.863 bits per heavy atom. The molecule has 0 bridgehead atoms. The average molecular weight is 651 g/mol. The van der Waals surface area contributed by atoms with Gasteiger partial charge in [0.05, 0.1) is 17.0 Å². The molecule has 0 atom stereocenters. The lowest BCUT2D eigenvalue weighted by molar-refractivity contribution is 0.768. The summed E-state index contributed by atoms with van der Waals surface area (Å²) >= 11 is 0. The third-order valence-corrected chi connectivity index (χ3v) is 9.85. The Morgan fingerprint density at radius 3 is 1.43 bits per heavy atom. The number of fused-ring (bicyclic) bond motifs is 3. The van der Waals surface area contributed by atoms with Gasteiger partial charge in [0.15, 0.2) is 17.5 Å². The highest BCUT2D eigenvalue weighted by Crippen LogP contribution is 2.57. The predicted octanol–water partition coefficient (Wildman–Crippen LogP) is 10.8. The zero-order valence-electron chi connectivity index (χ0n) is 27.6. The van der Waals surface area contributed by atoms with Crippen LogP contribution in [0.5, 0.6) is 0 Å². The largest absolute Gasteiger partial charge is 0.208 e. The van der Waals surface area contributed by atoms with Crippen molar-refractivity contribution >= 4 is 0 Å². The van der Waals surface area contributed by atoms with Crippen molar-refractivity contribution in [1.29, 1.82) is 5.26 Å². The predicted molar refractivity (Wildman–Crippen MR) is 204 cm³/mol. The van der Waals surface area contributed by atoms with Crippen molar-refractivity contribution < 1.29 is 0 Å². The minimum Gasteiger partial charge on any atom is -0.208 e. The Morgan fingerprint density at radius 1 is 0.392 bits per heavy atom. The van der Waals surface area contributed by atoms with Crippen LogP contribution in [0.25, 0.3) is 56.4 Å². The van der Waals surface area contributed by atoms with Crippen LogP contribution in [-0.2, 0) is 5.41 Å².